The van der Waals surface area contributed by atoms with E-state index in [1.165, 1.54) is 19.3 Å². The molecule has 3 rings (SSSR count). The van der Waals surface area contributed by atoms with Gasteiger partial charge in [0.25, 0.3) is 5.56 Å². The lowest BCUT2D eigenvalue weighted by molar-refractivity contribution is 0.415. The van der Waals surface area contributed by atoms with Gasteiger partial charge in [-0.1, -0.05) is 45.1 Å². The molecule has 1 saturated carbocycles. The van der Waals surface area contributed by atoms with Crippen molar-refractivity contribution in [2.24, 2.45) is 4.99 Å². The third-order valence-electron chi connectivity index (χ3n) is 5.46. The first-order valence-electron chi connectivity index (χ1n) is 10.1. The first-order chi connectivity index (χ1) is 13.2. The number of ether oxygens (including phenoxy) is 1. The van der Waals surface area contributed by atoms with Crippen molar-refractivity contribution in [2.75, 3.05) is 7.11 Å². The Balaban J connectivity index is 2.11. The first kappa shape index (κ1) is 19.5. The molecule has 0 radical (unpaired) electrons. The fraction of sp³-hybridized carbons (Fsp3) is 0.545. The molecule has 0 spiro atoms. The van der Waals surface area contributed by atoms with Crippen molar-refractivity contribution >= 4 is 17.1 Å². The zero-order valence-electron chi connectivity index (χ0n) is 16.4. The monoisotopic (exact) mass is 370 g/mol. The summed E-state index contributed by atoms with van der Waals surface area (Å²) in [5.41, 5.74) is 0.806. The van der Waals surface area contributed by atoms with Crippen LogP contribution in [0.4, 0.5) is 0 Å². The van der Waals surface area contributed by atoms with Crippen LogP contribution in [0.25, 0.3) is 10.9 Å². The van der Waals surface area contributed by atoms with Crippen LogP contribution in [0.3, 0.4) is 0 Å². The zero-order valence-corrected chi connectivity index (χ0v) is 16.4. The molecule has 1 heterocycles. The van der Waals surface area contributed by atoms with Crippen molar-refractivity contribution in [2.45, 2.75) is 70.9 Å². The number of aryl methyl sites for hydroxylation is 1. The van der Waals surface area contributed by atoms with Gasteiger partial charge in [0, 0.05) is 18.8 Å². The predicted octanol–water partition coefficient (Wildman–Crippen LogP) is 4.66. The van der Waals surface area contributed by atoms with Gasteiger partial charge >= 0.3 is 0 Å². The van der Waals surface area contributed by atoms with Gasteiger partial charge in [-0.2, -0.15) is 0 Å². The van der Waals surface area contributed by atoms with Crippen molar-refractivity contribution in [1.82, 2.24) is 4.57 Å². The Hall–Kier alpha value is -2.30. The van der Waals surface area contributed by atoms with Crippen molar-refractivity contribution in [3.05, 3.63) is 34.1 Å². The number of aromatic nitrogens is 1. The molecule has 146 valence electrons. The molecule has 5 heteroatoms. The predicted molar refractivity (Wildman–Crippen MR) is 110 cm³/mol. The Morgan fingerprint density at radius 2 is 2.04 bits per heavy atom. The molecule has 2 aromatic rings. The summed E-state index contributed by atoms with van der Waals surface area (Å²) < 4.78 is 7.22. The summed E-state index contributed by atoms with van der Waals surface area (Å²) in [4.78, 5) is 17.8. The quantitative estimate of drug-likeness (QED) is 0.569. The van der Waals surface area contributed by atoms with Gasteiger partial charge in [-0.25, -0.2) is 0 Å². The Bertz CT molecular complexity index is 864. The minimum absolute atomic E-state index is 0.0289. The van der Waals surface area contributed by atoms with Crippen molar-refractivity contribution in [1.29, 1.82) is 0 Å². The van der Waals surface area contributed by atoms with E-state index in [4.69, 9.17) is 4.74 Å². The molecule has 0 amide bonds. The number of aromatic hydroxyl groups is 1. The topological polar surface area (TPSA) is 63.8 Å². The standard InChI is InChI=1S/C22H30N2O3/c1-3-4-8-14-24-18-12-9-13-19(27-2)20(18)21(25)17(22(24)26)15-23-16-10-6-5-7-11-16/h9,12-13,15-16,25H,3-8,10-11,14H2,1-2H3. The number of hydrogen-bond acceptors (Lipinski definition) is 4. The number of fused-ring (bicyclic) bond motifs is 1. The number of aliphatic imine (C=N–C) groups is 1. The van der Waals surface area contributed by atoms with Gasteiger partial charge in [-0.05, 0) is 31.4 Å². The van der Waals surface area contributed by atoms with Crippen molar-refractivity contribution < 1.29 is 9.84 Å². The number of methoxy groups -OCH3 is 1. The van der Waals surface area contributed by atoms with Crippen LogP contribution < -0.4 is 10.3 Å². The summed E-state index contributed by atoms with van der Waals surface area (Å²) in [6, 6.07) is 5.78. The van der Waals surface area contributed by atoms with Crippen LogP contribution in [0.5, 0.6) is 11.5 Å². The molecule has 0 aliphatic heterocycles. The van der Waals surface area contributed by atoms with Gasteiger partial charge in [-0.15, -0.1) is 0 Å². The molecule has 0 unspecified atom stereocenters. The molecular weight excluding hydrogens is 340 g/mol. The van der Waals surface area contributed by atoms with E-state index in [1.807, 2.05) is 18.2 Å². The van der Waals surface area contributed by atoms with E-state index in [0.717, 1.165) is 32.1 Å². The third kappa shape index (κ3) is 4.18. The molecule has 0 bridgehead atoms. The second-order valence-electron chi connectivity index (χ2n) is 7.35. The Labute approximate surface area is 160 Å². The number of hydrogen-bond donors (Lipinski definition) is 1. The van der Waals surface area contributed by atoms with Crippen molar-refractivity contribution in [3.63, 3.8) is 0 Å². The minimum Gasteiger partial charge on any atom is -0.506 e. The molecule has 1 N–H and O–H groups in total. The normalized spacial score (nSPS) is 15.6. The SMILES string of the molecule is CCCCCn1c(=O)c(C=NC2CCCCC2)c(O)c2c(OC)cccc21. The zero-order chi connectivity index (χ0) is 19.2. The van der Waals surface area contributed by atoms with E-state index in [9.17, 15) is 9.90 Å². The van der Waals surface area contributed by atoms with Gasteiger partial charge < -0.3 is 14.4 Å². The highest BCUT2D eigenvalue weighted by molar-refractivity contribution is 5.98. The fourth-order valence-electron chi connectivity index (χ4n) is 3.91. The molecule has 0 atom stereocenters. The average molecular weight is 370 g/mol. The van der Waals surface area contributed by atoms with Crippen molar-refractivity contribution in [3.8, 4) is 11.5 Å². The largest absolute Gasteiger partial charge is 0.506 e. The first-order valence-corrected chi connectivity index (χ1v) is 10.1. The minimum atomic E-state index is -0.177. The number of rotatable bonds is 7. The summed E-state index contributed by atoms with van der Waals surface area (Å²) >= 11 is 0. The van der Waals surface area contributed by atoms with E-state index in [2.05, 4.69) is 11.9 Å². The highest BCUT2D eigenvalue weighted by atomic mass is 16.5. The highest BCUT2D eigenvalue weighted by Crippen LogP contribution is 2.34. The van der Waals surface area contributed by atoms with Crippen LogP contribution >= 0.6 is 0 Å². The maximum absolute atomic E-state index is 13.1. The van der Waals surface area contributed by atoms with Gasteiger partial charge in [-0.3, -0.25) is 9.79 Å². The molecule has 0 saturated heterocycles. The second-order valence-corrected chi connectivity index (χ2v) is 7.35. The van der Waals surface area contributed by atoms with E-state index in [0.29, 0.717) is 23.2 Å². The number of pyridine rings is 1. The lowest BCUT2D eigenvalue weighted by Gasteiger charge is -2.18. The van der Waals surface area contributed by atoms with E-state index in [1.54, 1.807) is 17.9 Å². The second kappa shape index (κ2) is 9.07. The van der Waals surface area contributed by atoms with Gasteiger partial charge in [0.05, 0.1) is 18.0 Å². The van der Waals surface area contributed by atoms with E-state index in [-0.39, 0.29) is 22.9 Å². The fourth-order valence-corrected chi connectivity index (χ4v) is 3.91. The van der Waals surface area contributed by atoms with E-state index >= 15 is 0 Å². The maximum atomic E-state index is 13.1. The summed E-state index contributed by atoms with van der Waals surface area (Å²) in [5, 5.41) is 11.5. The Morgan fingerprint density at radius 1 is 1.26 bits per heavy atom. The van der Waals surface area contributed by atoms with E-state index < -0.39 is 0 Å². The van der Waals surface area contributed by atoms with Gasteiger partial charge in [0.2, 0.25) is 0 Å². The Morgan fingerprint density at radius 3 is 2.74 bits per heavy atom. The highest BCUT2D eigenvalue weighted by Gasteiger charge is 2.19. The van der Waals surface area contributed by atoms with Crippen LogP contribution in [-0.4, -0.2) is 29.0 Å². The summed E-state index contributed by atoms with van der Waals surface area (Å²) in [6.45, 7) is 2.77. The van der Waals surface area contributed by atoms with Crippen LogP contribution in [0, 0.1) is 0 Å². The Kier molecular flexibility index (Phi) is 6.54. The number of nitrogens with zero attached hydrogens (tertiary/aromatic N) is 2. The summed E-state index contributed by atoms with van der Waals surface area (Å²) in [6.07, 6.45) is 10.4. The van der Waals surface area contributed by atoms with Gasteiger partial charge in [0.1, 0.15) is 17.1 Å². The van der Waals surface area contributed by atoms with Gasteiger partial charge in [0.15, 0.2) is 0 Å². The summed E-state index contributed by atoms with van der Waals surface area (Å²) in [5.74, 6) is 0.542. The van der Waals surface area contributed by atoms with Crippen LogP contribution in [0.15, 0.2) is 28.0 Å². The molecule has 1 aromatic carbocycles. The number of benzene rings is 1. The maximum Gasteiger partial charge on any atom is 0.263 e. The van der Waals surface area contributed by atoms with Crippen LogP contribution in [0.2, 0.25) is 0 Å². The molecule has 1 aliphatic carbocycles. The number of unbranched alkanes of at least 4 members (excludes halogenated alkanes) is 2. The molecular formula is C22H30N2O3. The lowest BCUT2D eigenvalue weighted by atomic mass is 9.96. The molecule has 5 nitrogen and oxygen atoms in total. The summed E-state index contributed by atoms with van der Waals surface area (Å²) in [7, 11) is 1.58. The van der Waals surface area contributed by atoms with Crippen LogP contribution in [-0.2, 0) is 6.54 Å². The van der Waals surface area contributed by atoms with Crippen LogP contribution in [0.1, 0.15) is 63.9 Å². The molecule has 1 aliphatic rings. The molecule has 1 aromatic heterocycles. The third-order valence-corrected chi connectivity index (χ3v) is 5.46. The lowest BCUT2D eigenvalue weighted by Crippen LogP contribution is -2.25. The average Bonchev–Trinajstić information content (AvgIpc) is 2.70. The molecule has 1 fully saturated rings. The smallest absolute Gasteiger partial charge is 0.263 e. The molecule has 27 heavy (non-hydrogen) atoms.